The summed E-state index contributed by atoms with van der Waals surface area (Å²) >= 11 is 0. The molecule has 4 atom stereocenters. The molecule has 0 spiro atoms. The van der Waals surface area contributed by atoms with Crippen molar-refractivity contribution in [1.82, 2.24) is 15.5 Å². The molecule has 0 aromatic carbocycles. The van der Waals surface area contributed by atoms with E-state index in [1.54, 1.807) is 0 Å². The molecule has 3 aliphatic heterocycles. The Morgan fingerprint density at radius 2 is 1.95 bits per heavy atom. The van der Waals surface area contributed by atoms with E-state index in [2.05, 4.69) is 22.6 Å². The lowest BCUT2D eigenvalue weighted by molar-refractivity contribution is -0.125. The molecule has 5 heteroatoms. The summed E-state index contributed by atoms with van der Waals surface area (Å²) in [6.45, 7) is 2.04. The molecule has 2 bridgehead atoms. The second kappa shape index (κ2) is 6.00. The van der Waals surface area contributed by atoms with Crippen LogP contribution in [-0.4, -0.2) is 62.8 Å². The third-order valence-corrected chi connectivity index (χ3v) is 5.55. The van der Waals surface area contributed by atoms with Crippen LogP contribution in [0, 0.1) is 11.8 Å². The fraction of sp³-hybridized carbons (Fsp3) is 0.933. The van der Waals surface area contributed by atoms with Crippen molar-refractivity contribution >= 4 is 5.91 Å². The Hall–Kier alpha value is -0.650. The average molecular weight is 281 g/mol. The SMILES string of the molecule is CNC1COCC1C(=O)NCC1CC2CCC(C1)N2C. The largest absolute Gasteiger partial charge is 0.379 e. The quantitative estimate of drug-likeness (QED) is 0.773. The zero-order valence-corrected chi connectivity index (χ0v) is 12.6. The van der Waals surface area contributed by atoms with Gasteiger partial charge in [0.15, 0.2) is 0 Å². The minimum atomic E-state index is -0.0250. The first-order valence-electron chi connectivity index (χ1n) is 7.93. The molecule has 0 aromatic heterocycles. The van der Waals surface area contributed by atoms with Crippen LogP contribution in [0.5, 0.6) is 0 Å². The second-order valence-electron chi connectivity index (χ2n) is 6.67. The molecule has 0 aliphatic carbocycles. The zero-order chi connectivity index (χ0) is 14.1. The van der Waals surface area contributed by atoms with Crippen LogP contribution in [0.2, 0.25) is 0 Å². The van der Waals surface area contributed by atoms with Gasteiger partial charge in [-0.25, -0.2) is 0 Å². The van der Waals surface area contributed by atoms with Gasteiger partial charge >= 0.3 is 0 Å². The number of amides is 1. The second-order valence-corrected chi connectivity index (χ2v) is 6.67. The van der Waals surface area contributed by atoms with Crippen LogP contribution < -0.4 is 10.6 Å². The van der Waals surface area contributed by atoms with Gasteiger partial charge in [-0.2, -0.15) is 0 Å². The fourth-order valence-electron chi connectivity index (χ4n) is 4.16. The van der Waals surface area contributed by atoms with Crippen molar-refractivity contribution in [2.45, 2.75) is 43.8 Å². The molecule has 20 heavy (non-hydrogen) atoms. The Kier molecular flexibility index (Phi) is 4.29. The first-order chi connectivity index (χ1) is 9.69. The smallest absolute Gasteiger partial charge is 0.227 e. The topological polar surface area (TPSA) is 53.6 Å². The minimum Gasteiger partial charge on any atom is -0.379 e. The van der Waals surface area contributed by atoms with Gasteiger partial charge in [0.05, 0.1) is 19.1 Å². The lowest BCUT2D eigenvalue weighted by Crippen LogP contribution is -2.46. The highest BCUT2D eigenvalue weighted by molar-refractivity contribution is 5.79. The Morgan fingerprint density at radius 1 is 1.25 bits per heavy atom. The number of carbonyl (C=O) groups is 1. The molecule has 3 heterocycles. The van der Waals surface area contributed by atoms with Crippen molar-refractivity contribution in [3.05, 3.63) is 0 Å². The van der Waals surface area contributed by atoms with Gasteiger partial charge in [-0.05, 0) is 45.7 Å². The summed E-state index contributed by atoms with van der Waals surface area (Å²) in [5.74, 6) is 0.791. The van der Waals surface area contributed by atoms with E-state index in [1.807, 2.05) is 7.05 Å². The number of likely N-dealkylation sites (N-methyl/N-ethyl adjacent to an activating group) is 1. The Morgan fingerprint density at radius 3 is 2.60 bits per heavy atom. The van der Waals surface area contributed by atoms with Crippen molar-refractivity contribution in [2.24, 2.45) is 11.8 Å². The predicted molar refractivity (Wildman–Crippen MR) is 77.5 cm³/mol. The number of nitrogens with one attached hydrogen (secondary N) is 2. The molecule has 3 rings (SSSR count). The monoisotopic (exact) mass is 281 g/mol. The van der Waals surface area contributed by atoms with Crippen molar-refractivity contribution < 1.29 is 9.53 Å². The van der Waals surface area contributed by atoms with Gasteiger partial charge in [-0.1, -0.05) is 0 Å². The molecular formula is C15H27N3O2. The Balaban J connectivity index is 1.47. The molecule has 0 radical (unpaired) electrons. The Labute approximate surface area is 121 Å². The van der Waals surface area contributed by atoms with Crippen molar-refractivity contribution in [2.75, 3.05) is 33.9 Å². The van der Waals surface area contributed by atoms with Gasteiger partial charge < -0.3 is 20.3 Å². The van der Waals surface area contributed by atoms with Gasteiger partial charge in [0, 0.05) is 24.7 Å². The normalized spacial score (nSPS) is 41.0. The van der Waals surface area contributed by atoms with E-state index in [0.29, 0.717) is 19.1 Å². The van der Waals surface area contributed by atoms with Crippen LogP contribution in [-0.2, 0) is 9.53 Å². The summed E-state index contributed by atoms with van der Waals surface area (Å²) in [7, 11) is 4.15. The van der Waals surface area contributed by atoms with Gasteiger partial charge in [-0.3, -0.25) is 4.79 Å². The lowest BCUT2D eigenvalue weighted by Gasteiger charge is -2.36. The molecule has 1 amide bonds. The van der Waals surface area contributed by atoms with Crippen molar-refractivity contribution in [3.8, 4) is 0 Å². The molecule has 3 saturated heterocycles. The molecule has 0 aromatic rings. The van der Waals surface area contributed by atoms with Crippen molar-refractivity contribution in [3.63, 3.8) is 0 Å². The van der Waals surface area contributed by atoms with Crippen LogP contribution in [0.3, 0.4) is 0 Å². The van der Waals surface area contributed by atoms with Gasteiger partial charge in [0.25, 0.3) is 0 Å². The highest BCUT2D eigenvalue weighted by Crippen LogP contribution is 2.37. The number of hydrogen-bond donors (Lipinski definition) is 2. The number of piperidine rings is 1. The summed E-state index contributed by atoms with van der Waals surface area (Å²) in [5.41, 5.74) is 0. The highest BCUT2D eigenvalue weighted by Gasteiger charge is 2.39. The summed E-state index contributed by atoms with van der Waals surface area (Å²) in [5, 5.41) is 6.34. The summed E-state index contributed by atoms with van der Waals surface area (Å²) in [4.78, 5) is 14.8. The van der Waals surface area contributed by atoms with Crippen molar-refractivity contribution in [1.29, 1.82) is 0 Å². The molecule has 3 fully saturated rings. The fourth-order valence-corrected chi connectivity index (χ4v) is 4.16. The van der Waals surface area contributed by atoms with Crippen LogP contribution in [0.4, 0.5) is 0 Å². The van der Waals surface area contributed by atoms with E-state index in [0.717, 1.165) is 18.6 Å². The van der Waals surface area contributed by atoms with Crippen LogP contribution >= 0.6 is 0 Å². The minimum absolute atomic E-state index is 0.0250. The number of carbonyl (C=O) groups excluding carboxylic acids is 1. The summed E-state index contributed by atoms with van der Waals surface area (Å²) in [6.07, 6.45) is 5.15. The Bertz CT molecular complexity index is 349. The molecule has 2 N–H and O–H groups in total. The first kappa shape index (κ1) is 14.3. The van der Waals surface area contributed by atoms with Gasteiger partial charge in [0.1, 0.15) is 0 Å². The highest BCUT2D eigenvalue weighted by atomic mass is 16.5. The summed E-state index contributed by atoms with van der Waals surface area (Å²) < 4.78 is 5.40. The molecule has 5 nitrogen and oxygen atoms in total. The standard InChI is InChI=1S/C15H27N3O2/c1-16-14-9-20-8-13(14)15(19)17-7-10-5-11-3-4-12(6-10)18(11)2/h10-14,16H,3-9H2,1-2H3,(H,17,19). The molecular weight excluding hydrogens is 254 g/mol. The average Bonchev–Trinajstić information content (AvgIpc) is 2.98. The summed E-state index contributed by atoms with van der Waals surface area (Å²) in [6, 6.07) is 1.66. The lowest BCUT2D eigenvalue weighted by atomic mass is 9.91. The number of ether oxygens (including phenoxy) is 1. The number of hydrogen-bond acceptors (Lipinski definition) is 4. The third kappa shape index (κ3) is 2.71. The van der Waals surface area contributed by atoms with Crippen LogP contribution in [0.25, 0.3) is 0 Å². The van der Waals surface area contributed by atoms with E-state index < -0.39 is 0 Å². The van der Waals surface area contributed by atoms with E-state index >= 15 is 0 Å². The third-order valence-electron chi connectivity index (χ3n) is 5.55. The maximum absolute atomic E-state index is 12.3. The van der Waals surface area contributed by atoms with E-state index in [-0.39, 0.29) is 17.9 Å². The van der Waals surface area contributed by atoms with E-state index in [4.69, 9.17) is 4.74 Å². The molecule has 4 unspecified atom stereocenters. The molecule has 114 valence electrons. The van der Waals surface area contributed by atoms with Gasteiger partial charge in [0.2, 0.25) is 5.91 Å². The first-order valence-corrected chi connectivity index (χ1v) is 7.93. The zero-order valence-electron chi connectivity index (χ0n) is 12.6. The van der Waals surface area contributed by atoms with E-state index in [9.17, 15) is 4.79 Å². The van der Waals surface area contributed by atoms with E-state index in [1.165, 1.54) is 25.7 Å². The van der Waals surface area contributed by atoms with Gasteiger partial charge in [-0.15, -0.1) is 0 Å². The maximum Gasteiger partial charge on any atom is 0.227 e. The van der Waals surface area contributed by atoms with Crippen LogP contribution in [0.15, 0.2) is 0 Å². The molecule has 3 aliphatic rings. The number of nitrogens with zero attached hydrogens (tertiary/aromatic N) is 1. The number of rotatable bonds is 4. The number of fused-ring (bicyclic) bond motifs is 2. The van der Waals surface area contributed by atoms with Crippen LogP contribution in [0.1, 0.15) is 25.7 Å². The maximum atomic E-state index is 12.3. The predicted octanol–water partition coefficient (Wildman–Crippen LogP) is 0.210. The molecule has 0 saturated carbocycles.